The first-order chi connectivity index (χ1) is 9.74. The van der Waals surface area contributed by atoms with E-state index >= 15 is 0 Å². The van der Waals surface area contributed by atoms with Crippen molar-refractivity contribution < 1.29 is 4.79 Å². The summed E-state index contributed by atoms with van der Waals surface area (Å²) in [6.45, 7) is 1.05. The van der Waals surface area contributed by atoms with Crippen LogP contribution in [0.1, 0.15) is 37.2 Å². The van der Waals surface area contributed by atoms with Crippen molar-refractivity contribution in [1.29, 1.82) is 0 Å². The van der Waals surface area contributed by atoms with E-state index in [4.69, 9.17) is 5.73 Å². The average molecular weight is 290 g/mol. The first-order valence-corrected chi connectivity index (χ1v) is 8.47. The van der Waals surface area contributed by atoms with Crippen LogP contribution in [0.3, 0.4) is 0 Å². The van der Waals surface area contributed by atoms with Gasteiger partial charge >= 0.3 is 0 Å². The number of carbonyl (C=O) groups is 1. The third-order valence-corrected chi connectivity index (χ3v) is 5.83. The lowest BCUT2D eigenvalue weighted by molar-refractivity contribution is -0.122. The molecule has 3 nitrogen and oxygen atoms in total. The predicted molar refractivity (Wildman–Crippen MR) is 82.9 cm³/mol. The molecule has 1 aliphatic heterocycles. The lowest BCUT2D eigenvalue weighted by atomic mass is 9.85. The molecular weight excluding hydrogens is 268 g/mol. The Kier molecular flexibility index (Phi) is 4.32. The van der Waals surface area contributed by atoms with Crippen LogP contribution >= 0.6 is 11.8 Å². The number of primary amides is 1. The number of hydrogen-bond donors (Lipinski definition) is 2. The highest BCUT2D eigenvalue weighted by Crippen LogP contribution is 2.39. The van der Waals surface area contributed by atoms with Gasteiger partial charge in [0.15, 0.2) is 0 Å². The fourth-order valence-electron chi connectivity index (χ4n) is 3.29. The molecule has 3 N–H and O–H groups in total. The van der Waals surface area contributed by atoms with Gasteiger partial charge < -0.3 is 11.1 Å². The Hall–Kier alpha value is -1.00. The molecule has 1 aromatic rings. The van der Waals surface area contributed by atoms with Gasteiger partial charge in [-0.2, -0.15) is 0 Å². The van der Waals surface area contributed by atoms with E-state index in [0.29, 0.717) is 12.0 Å². The molecule has 108 valence electrons. The highest BCUT2D eigenvalue weighted by molar-refractivity contribution is 7.99. The van der Waals surface area contributed by atoms with Crippen molar-refractivity contribution in [1.82, 2.24) is 5.32 Å². The van der Waals surface area contributed by atoms with Gasteiger partial charge in [0.05, 0.1) is 0 Å². The number of fused-ring (bicyclic) bond motifs is 1. The number of hydrogen-bond acceptors (Lipinski definition) is 3. The number of rotatable bonds is 4. The van der Waals surface area contributed by atoms with E-state index in [1.54, 1.807) is 0 Å². The van der Waals surface area contributed by atoms with Crippen molar-refractivity contribution in [2.75, 3.05) is 12.3 Å². The van der Waals surface area contributed by atoms with Gasteiger partial charge in [-0.05, 0) is 37.3 Å². The van der Waals surface area contributed by atoms with Crippen LogP contribution in [0.25, 0.3) is 0 Å². The largest absolute Gasteiger partial charge is 0.369 e. The molecule has 1 fully saturated rings. The summed E-state index contributed by atoms with van der Waals surface area (Å²) in [5, 5.41) is 3.70. The van der Waals surface area contributed by atoms with Gasteiger partial charge in [0.2, 0.25) is 5.91 Å². The Balaban J connectivity index is 1.48. The fourth-order valence-corrected chi connectivity index (χ4v) is 4.54. The Labute approximate surface area is 124 Å². The summed E-state index contributed by atoms with van der Waals surface area (Å²) in [5.41, 5.74) is 6.87. The van der Waals surface area contributed by atoms with Crippen molar-refractivity contribution in [3.05, 3.63) is 29.8 Å². The minimum Gasteiger partial charge on any atom is -0.369 e. The first kappa shape index (κ1) is 14.0. The summed E-state index contributed by atoms with van der Waals surface area (Å²) in [5.74, 6) is 1.80. The molecule has 0 radical (unpaired) electrons. The van der Waals surface area contributed by atoms with E-state index in [1.807, 2.05) is 11.8 Å². The maximum Gasteiger partial charge on any atom is 0.220 e. The van der Waals surface area contributed by atoms with Crippen LogP contribution in [0.5, 0.6) is 0 Å². The number of nitrogens with one attached hydrogen (secondary N) is 1. The van der Waals surface area contributed by atoms with Crippen LogP contribution in [0.2, 0.25) is 0 Å². The molecule has 1 aliphatic carbocycles. The van der Waals surface area contributed by atoms with E-state index in [1.165, 1.54) is 16.2 Å². The maximum atomic E-state index is 11.2. The number of carbonyl (C=O) groups excluding carboxylic acids is 1. The Morgan fingerprint density at radius 3 is 2.75 bits per heavy atom. The van der Waals surface area contributed by atoms with Crippen molar-refractivity contribution in [2.45, 2.75) is 42.5 Å². The molecule has 1 atom stereocenters. The summed E-state index contributed by atoms with van der Waals surface area (Å²) in [4.78, 5) is 12.6. The van der Waals surface area contributed by atoms with Crippen LogP contribution in [0.15, 0.2) is 29.2 Å². The summed E-state index contributed by atoms with van der Waals surface area (Å²) < 4.78 is 0. The maximum absolute atomic E-state index is 11.2. The third-order valence-electron chi connectivity index (χ3n) is 4.58. The van der Waals surface area contributed by atoms with Crippen molar-refractivity contribution in [2.24, 2.45) is 11.7 Å². The lowest BCUT2D eigenvalue weighted by Crippen LogP contribution is -2.38. The molecule has 0 saturated heterocycles. The van der Waals surface area contributed by atoms with E-state index in [-0.39, 0.29) is 11.8 Å². The average Bonchev–Trinajstić information content (AvgIpc) is 2.89. The lowest BCUT2D eigenvalue weighted by Gasteiger charge is -2.28. The van der Waals surface area contributed by atoms with E-state index in [9.17, 15) is 4.79 Å². The zero-order valence-electron chi connectivity index (χ0n) is 11.7. The minimum atomic E-state index is -0.121. The van der Waals surface area contributed by atoms with Gasteiger partial charge in [-0.3, -0.25) is 4.79 Å². The minimum absolute atomic E-state index is 0.107. The van der Waals surface area contributed by atoms with Crippen molar-refractivity contribution >= 4 is 17.7 Å². The van der Waals surface area contributed by atoms with E-state index in [2.05, 4.69) is 29.6 Å². The smallest absolute Gasteiger partial charge is 0.220 e. The van der Waals surface area contributed by atoms with Gasteiger partial charge in [0.1, 0.15) is 0 Å². The molecule has 3 rings (SSSR count). The van der Waals surface area contributed by atoms with Gasteiger partial charge in [-0.1, -0.05) is 18.2 Å². The topological polar surface area (TPSA) is 55.1 Å². The standard InChI is InChI=1S/C16H22N2OS/c17-16(19)11-5-7-13(8-6-11)18-9-12-10-20-15-4-2-1-3-14(12)15/h1-4,11-13,18H,5-10H2,(H2,17,19). The summed E-state index contributed by atoms with van der Waals surface area (Å²) in [7, 11) is 0. The van der Waals surface area contributed by atoms with Crippen LogP contribution in [0, 0.1) is 5.92 Å². The number of benzene rings is 1. The Bertz CT molecular complexity index is 483. The molecule has 20 heavy (non-hydrogen) atoms. The second-order valence-corrected chi connectivity index (χ2v) is 6.97. The molecule has 1 amide bonds. The van der Waals surface area contributed by atoms with Crippen LogP contribution < -0.4 is 11.1 Å². The Morgan fingerprint density at radius 1 is 1.25 bits per heavy atom. The van der Waals surface area contributed by atoms with Crippen LogP contribution in [0.4, 0.5) is 0 Å². The van der Waals surface area contributed by atoms with Crippen LogP contribution in [-0.2, 0) is 4.79 Å². The first-order valence-electron chi connectivity index (χ1n) is 7.48. The molecular formula is C16H22N2OS. The fraction of sp³-hybridized carbons (Fsp3) is 0.562. The summed E-state index contributed by atoms with van der Waals surface area (Å²) >= 11 is 1.97. The number of nitrogens with two attached hydrogens (primary N) is 1. The molecule has 1 heterocycles. The van der Waals surface area contributed by atoms with Gasteiger partial charge in [0, 0.05) is 35.1 Å². The highest BCUT2D eigenvalue weighted by Gasteiger charge is 2.27. The molecule has 0 spiro atoms. The summed E-state index contributed by atoms with van der Waals surface area (Å²) in [6.07, 6.45) is 4.05. The monoisotopic (exact) mass is 290 g/mol. The van der Waals surface area contributed by atoms with Crippen LogP contribution in [-0.4, -0.2) is 24.2 Å². The normalized spacial score (nSPS) is 29.1. The SMILES string of the molecule is NC(=O)C1CCC(NCC2CSc3ccccc32)CC1. The number of amides is 1. The van der Waals surface area contributed by atoms with Crippen molar-refractivity contribution in [3.8, 4) is 0 Å². The molecule has 4 heteroatoms. The quantitative estimate of drug-likeness (QED) is 0.896. The molecule has 1 aromatic carbocycles. The second kappa shape index (κ2) is 6.19. The second-order valence-electron chi connectivity index (χ2n) is 5.90. The predicted octanol–water partition coefficient (Wildman–Crippen LogP) is 2.51. The molecule has 1 saturated carbocycles. The zero-order chi connectivity index (χ0) is 13.9. The molecule has 0 aromatic heterocycles. The van der Waals surface area contributed by atoms with E-state index in [0.717, 1.165) is 32.2 Å². The third kappa shape index (κ3) is 3.01. The van der Waals surface area contributed by atoms with Gasteiger partial charge in [0.25, 0.3) is 0 Å². The zero-order valence-corrected chi connectivity index (χ0v) is 12.5. The summed E-state index contributed by atoms with van der Waals surface area (Å²) in [6, 6.07) is 9.29. The molecule has 1 unspecified atom stereocenters. The van der Waals surface area contributed by atoms with Gasteiger partial charge in [-0.15, -0.1) is 11.8 Å². The van der Waals surface area contributed by atoms with Crippen molar-refractivity contribution in [3.63, 3.8) is 0 Å². The Morgan fingerprint density at radius 2 is 2.00 bits per heavy atom. The van der Waals surface area contributed by atoms with E-state index < -0.39 is 0 Å². The highest BCUT2D eigenvalue weighted by atomic mass is 32.2. The number of thioether (sulfide) groups is 1. The van der Waals surface area contributed by atoms with Gasteiger partial charge in [-0.25, -0.2) is 0 Å². The molecule has 0 bridgehead atoms. The molecule has 2 aliphatic rings.